The van der Waals surface area contributed by atoms with E-state index >= 15 is 0 Å². The van der Waals surface area contributed by atoms with E-state index in [0.717, 1.165) is 12.0 Å². The number of carbonyl (C=O) groups is 1. The Balaban J connectivity index is 2.27. The number of nitrogens with two attached hydrogens (primary N) is 1. The van der Waals surface area contributed by atoms with Crippen LogP contribution in [0.3, 0.4) is 0 Å². The van der Waals surface area contributed by atoms with Crippen LogP contribution in [0.4, 0.5) is 0 Å². The lowest BCUT2D eigenvalue weighted by molar-refractivity contribution is -0.121. The van der Waals surface area contributed by atoms with E-state index in [9.17, 15) is 9.00 Å². The van der Waals surface area contributed by atoms with E-state index in [1.807, 2.05) is 37.3 Å². The van der Waals surface area contributed by atoms with Crippen molar-refractivity contribution in [2.24, 2.45) is 5.73 Å². The van der Waals surface area contributed by atoms with Gasteiger partial charge in [-0.2, -0.15) is 0 Å². The quantitative estimate of drug-likeness (QED) is 0.767. The van der Waals surface area contributed by atoms with Crippen LogP contribution >= 0.6 is 0 Å². The molecule has 5 heteroatoms. The molecule has 3 N–H and O–H groups in total. The third kappa shape index (κ3) is 6.82. The van der Waals surface area contributed by atoms with Gasteiger partial charge in [0, 0.05) is 41.3 Å². The highest BCUT2D eigenvalue weighted by Gasteiger charge is 2.11. The third-order valence-corrected chi connectivity index (χ3v) is 3.97. The number of nitrogens with one attached hydrogen (secondary N) is 1. The SMILES string of the molecule is CC(CCS(C)=O)NC(=O)CCC(N)c1ccccc1. The van der Waals surface area contributed by atoms with Gasteiger partial charge in [-0.1, -0.05) is 30.3 Å². The summed E-state index contributed by atoms with van der Waals surface area (Å²) in [5, 5.41) is 2.91. The molecule has 0 aliphatic carbocycles. The summed E-state index contributed by atoms with van der Waals surface area (Å²) in [7, 11) is -0.808. The van der Waals surface area contributed by atoms with E-state index in [0.29, 0.717) is 18.6 Å². The Morgan fingerprint density at radius 3 is 2.55 bits per heavy atom. The highest BCUT2D eigenvalue weighted by Crippen LogP contribution is 2.14. The lowest BCUT2D eigenvalue weighted by Gasteiger charge is -2.15. The van der Waals surface area contributed by atoms with Crippen molar-refractivity contribution in [1.82, 2.24) is 5.32 Å². The maximum absolute atomic E-state index is 11.8. The Kier molecular flexibility index (Phi) is 7.47. The minimum atomic E-state index is -0.808. The van der Waals surface area contributed by atoms with E-state index in [1.54, 1.807) is 6.26 Å². The summed E-state index contributed by atoms with van der Waals surface area (Å²) in [4.78, 5) is 11.8. The molecular weight excluding hydrogens is 272 g/mol. The summed E-state index contributed by atoms with van der Waals surface area (Å²) >= 11 is 0. The summed E-state index contributed by atoms with van der Waals surface area (Å²) in [5.41, 5.74) is 7.10. The van der Waals surface area contributed by atoms with Gasteiger partial charge in [-0.05, 0) is 25.3 Å². The average Bonchev–Trinajstić information content (AvgIpc) is 2.43. The van der Waals surface area contributed by atoms with Crippen LogP contribution in [0.5, 0.6) is 0 Å². The van der Waals surface area contributed by atoms with Gasteiger partial charge in [0.25, 0.3) is 0 Å². The highest BCUT2D eigenvalue weighted by molar-refractivity contribution is 7.84. The second kappa shape index (κ2) is 8.87. The van der Waals surface area contributed by atoms with E-state index in [-0.39, 0.29) is 18.0 Å². The van der Waals surface area contributed by atoms with E-state index in [4.69, 9.17) is 5.73 Å². The van der Waals surface area contributed by atoms with Crippen molar-refractivity contribution >= 4 is 16.7 Å². The van der Waals surface area contributed by atoms with Crippen molar-refractivity contribution in [2.75, 3.05) is 12.0 Å². The average molecular weight is 296 g/mol. The normalized spacial score (nSPS) is 15.3. The van der Waals surface area contributed by atoms with Gasteiger partial charge in [0.1, 0.15) is 0 Å². The number of rotatable bonds is 8. The second-order valence-corrected chi connectivity index (χ2v) is 6.65. The van der Waals surface area contributed by atoms with Crippen LogP contribution in [0.25, 0.3) is 0 Å². The maximum atomic E-state index is 11.8. The third-order valence-electron chi connectivity index (χ3n) is 3.16. The molecule has 1 aromatic rings. The Morgan fingerprint density at radius 1 is 1.30 bits per heavy atom. The van der Waals surface area contributed by atoms with Gasteiger partial charge in [0.2, 0.25) is 5.91 Å². The molecule has 20 heavy (non-hydrogen) atoms. The minimum absolute atomic E-state index is 0.00534. The zero-order chi connectivity index (χ0) is 15.0. The molecule has 4 nitrogen and oxygen atoms in total. The fraction of sp³-hybridized carbons (Fsp3) is 0.533. The molecule has 1 rings (SSSR count). The van der Waals surface area contributed by atoms with Crippen LogP contribution in [0.1, 0.15) is 37.8 Å². The number of hydrogen-bond donors (Lipinski definition) is 2. The van der Waals surface area contributed by atoms with Crippen molar-refractivity contribution in [1.29, 1.82) is 0 Å². The zero-order valence-corrected chi connectivity index (χ0v) is 13.0. The summed E-state index contributed by atoms with van der Waals surface area (Å²) < 4.78 is 11.0. The summed E-state index contributed by atoms with van der Waals surface area (Å²) in [6, 6.07) is 9.73. The molecular formula is C15H24N2O2S. The molecule has 0 heterocycles. The molecule has 1 aromatic carbocycles. The minimum Gasteiger partial charge on any atom is -0.354 e. The first-order valence-electron chi connectivity index (χ1n) is 6.89. The van der Waals surface area contributed by atoms with Gasteiger partial charge in [0.15, 0.2) is 0 Å². The Labute approximate surface area is 123 Å². The van der Waals surface area contributed by atoms with Gasteiger partial charge >= 0.3 is 0 Å². The van der Waals surface area contributed by atoms with Crippen molar-refractivity contribution < 1.29 is 9.00 Å². The largest absolute Gasteiger partial charge is 0.354 e. The van der Waals surface area contributed by atoms with Crippen molar-refractivity contribution in [3.8, 4) is 0 Å². The molecule has 0 aliphatic rings. The lowest BCUT2D eigenvalue weighted by atomic mass is 10.0. The first-order valence-corrected chi connectivity index (χ1v) is 8.61. The molecule has 0 saturated heterocycles. The highest BCUT2D eigenvalue weighted by atomic mass is 32.2. The van der Waals surface area contributed by atoms with Crippen LogP contribution in [0.15, 0.2) is 30.3 Å². The summed E-state index contributed by atoms with van der Waals surface area (Å²) in [6.07, 6.45) is 3.45. The second-order valence-electron chi connectivity index (χ2n) is 5.09. The molecule has 0 saturated carbocycles. The predicted molar refractivity (Wildman–Crippen MR) is 83.8 cm³/mol. The molecule has 0 aromatic heterocycles. The fourth-order valence-corrected chi connectivity index (χ4v) is 2.60. The molecule has 0 aliphatic heterocycles. The maximum Gasteiger partial charge on any atom is 0.220 e. The Hall–Kier alpha value is -1.20. The molecule has 0 bridgehead atoms. The fourth-order valence-electron chi connectivity index (χ4n) is 1.92. The van der Waals surface area contributed by atoms with E-state index in [2.05, 4.69) is 5.32 Å². The van der Waals surface area contributed by atoms with E-state index < -0.39 is 10.8 Å². The topological polar surface area (TPSA) is 72.2 Å². The number of benzene rings is 1. The Morgan fingerprint density at radius 2 is 1.95 bits per heavy atom. The number of hydrogen-bond acceptors (Lipinski definition) is 3. The number of carbonyl (C=O) groups excluding carboxylic acids is 1. The molecule has 0 spiro atoms. The molecule has 0 radical (unpaired) electrons. The van der Waals surface area contributed by atoms with Crippen molar-refractivity contribution in [3.63, 3.8) is 0 Å². The van der Waals surface area contributed by atoms with Gasteiger partial charge in [-0.15, -0.1) is 0 Å². The van der Waals surface area contributed by atoms with Crippen LogP contribution in [0, 0.1) is 0 Å². The van der Waals surface area contributed by atoms with Gasteiger partial charge in [0.05, 0.1) is 0 Å². The van der Waals surface area contributed by atoms with Crippen molar-refractivity contribution in [2.45, 2.75) is 38.3 Å². The van der Waals surface area contributed by atoms with Crippen LogP contribution in [0.2, 0.25) is 0 Å². The first kappa shape index (κ1) is 16.9. The standard InChI is InChI=1S/C15H24N2O2S/c1-12(10-11-20(2)19)17-15(18)9-8-14(16)13-6-4-3-5-7-13/h3-7,12,14H,8-11,16H2,1-2H3,(H,17,18). The van der Waals surface area contributed by atoms with Crippen LogP contribution < -0.4 is 11.1 Å². The summed E-state index contributed by atoms with van der Waals surface area (Å²) in [5.74, 6) is 0.621. The van der Waals surface area contributed by atoms with Gasteiger partial charge < -0.3 is 11.1 Å². The van der Waals surface area contributed by atoms with Crippen LogP contribution in [-0.2, 0) is 15.6 Å². The smallest absolute Gasteiger partial charge is 0.220 e. The first-order chi connectivity index (χ1) is 9.49. The Bertz CT molecular complexity index is 437. The zero-order valence-electron chi connectivity index (χ0n) is 12.2. The van der Waals surface area contributed by atoms with Gasteiger partial charge in [-0.25, -0.2) is 0 Å². The summed E-state index contributed by atoms with van der Waals surface area (Å²) in [6.45, 7) is 1.93. The molecule has 0 fully saturated rings. The molecule has 3 unspecified atom stereocenters. The monoisotopic (exact) mass is 296 g/mol. The van der Waals surface area contributed by atoms with Gasteiger partial charge in [-0.3, -0.25) is 9.00 Å². The predicted octanol–water partition coefficient (Wildman–Crippen LogP) is 1.74. The van der Waals surface area contributed by atoms with E-state index in [1.165, 1.54) is 0 Å². The lowest BCUT2D eigenvalue weighted by Crippen LogP contribution is -2.33. The number of amides is 1. The van der Waals surface area contributed by atoms with Crippen molar-refractivity contribution in [3.05, 3.63) is 35.9 Å². The molecule has 3 atom stereocenters. The van der Waals surface area contributed by atoms with Crippen LogP contribution in [-0.4, -0.2) is 28.2 Å². The molecule has 112 valence electrons. The molecule has 1 amide bonds.